The van der Waals surface area contributed by atoms with Gasteiger partial charge in [0.15, 0.2) is 5.78 Å². The van der Waals surface area contributed by atoms with Gasteiger partial charge in [0.2, 0.25) is 0 Å². The zero-order valence-electron chi connectivity index (χ0n) is 11.3. The van der Waals surface area contributed by atoms with Gasteiger partial charge in [-0.1, -0.05) is 23.2 Å². The van der Waals surface area contributed by atoms with E-state index in [0.29, 0.717) is 22.2 Å². The van der Waals surface area contributed by atoms with Crippen molar-refractivity contribution in [3.63, 3.8) is 0 Å². The van der Waals surface area contributed by atoms with Gasteiger partial charge in [-0.05, 0) is 44.3 Å². The third-order valence-corrected chi connectivity index (χ3v) is 3.43. The van der Waals surface area contributed by atoms with Crippen molar-refractivity contribution in [2.75, 3.05) is 13.6 Å². The minimum Gasteiger partial charge on any atom is -0.465 e. The second kappa shape index (κ2) is 6.44. The summed E-state index contributed by atoms with van der Waals surface area (Å²) in [6.07, 6.45) is 0. The molecule has 2 aromatic rings. The zero-order valence-corrected chi connectivity index (χ0v) is 12.8. The third kappa shape index (κ3) is 3.85. The average molecular weight is 312 g/mol. The normalized spacial score (nSPS) is 11.1. The fraction of sp³-hybridized carbons (Fsp3) is 0.267. The van der Waals surface area contributed by atoms with Gasteiger partial charge >= 0.3 is 0 Å². The molecule has 20 heavy (non-hydrogen) atoms. The van der Waals surface area contributed by atoms with E-state index >= 15 is 0 Å². The Hall–Kier alpha value is -1.29. The van der Waals surface area contributed by atoms with Crippen LogP contribution in [0.25, 0.3) is 0 Å². The number of halogens is 2. The van der Waals surface area contributed by atoms with Crippen LogP contribution in [0.3, 0.4) is 0 Å². The lowest BCUT2D eigenvalue weighted by atomic mass is 10.1. The predicted molar refractivity (Wildman–Crippen MR) is 80.6 cm³/mol. The van der Waals surface area contributed by atoms with Crippen molar-refractivity contribution in [2.45, 2.75) is 13.5 Å². The van der Waals surface area contributed by atoms with Crippen LogP contribution in [0, 0.1) is 6.92 Å². The number of likely N-dealkylation sites (N-methyl/N-ethyl adjacent to an activating group) is 1. The number of carbonyl (C=O) groups is 1. The highest BCUT2D eigenvalue weighted by atomic mass is 35.5. The Morgan fingerprint density at radius 2 is 2.00 bits per heavy atom. The number of Topliss-reactive ketones (excluding diaryl/α,β-unsaturated/α-hetero) is 1. The highest BCUT2D eigenvalue weighted by Gasteiger charge is 2.14. The van der Waals surface area contributed by atoms with E-state index < -0.39 is 0 Å². The molecule has 0 aliphatic carbocycles. The van der Waals surface area contributed by atoms with Crippen molar-refractivity contribution in [3.05, 3.63) is 57.5 Å². The van der Waals surface area contributed by atoms with Gasteiger partial charge in [0.25, 0.3) is 0 Å². The lowest BCUT2D eigenvalue weighted by molar-refractivity contribution is 0.0939. The van der Waals surface area contributed by atoms with Gasteiger partial charge in [-0.2, -0.15) is 0 Å². The van der Waals surface area contributed by atoms with E-state index in [1.165, 1.54) is 0 Å². The van der Waals surface area contributed by atoms with Gasteiger partial charge in [0.1, 0.15) is 11.5 Å². The van der Waals surface area contributed by atoms with Crippen LogP contribution >= 0.6 is 23.2 Å². The van der Waals surface area contributed by atoms with Crippen molar-refractivity contribution in [2.24, 2.45) is 0 Å². The van der Waals surface area contributed by atoms with Crippen LogP contribution in [-0.4, -0.2) is 24.3 Å². The minimum atomic E-state index is -0.0664. The highest BCUT2D eigenvalue weighted by molar-refractivity contribution is 6.36. The Balaban J connectivity index is 2.02. The van der Waals surface area contributed by atoms with Gasteiger partial charge in [0, 0.05) is 10.6 Å². The molecule has 2 rings (SSSR count). The van der Waals surface area contributed by atoms with Crippen LogP contribution in [0.4, 0.5) is 0 Å². The van der Waals surface area contributed by atoms with Crippen molar-refractivity contribution in [1.29, 1.82) is 0 Å². The average Bonchev–Trinajstić information content (AvgIpc) is 2.77. The number of ketones is 1. The second-order valence-electron chi connectivity index (χ2n) is 4.73. The van der Waals surface area contributed by atoms with Crippen LogP contribution in [0.15, 0.2) is 34.7 Å². The second-order valence-corrected chi connectivity index (χ2v) is 5.58. The molecule has 0 amide bonds. The lowest BCUT2D eigenvalue weighted by Gasteiger charge is -2.14. The molecule has 106 valence electrons. The molecule has 0 unspecified atom stereocenters. The molecule has 5 heteroatoms. The van der Waals surface area contributed by atoms with Gasteiger partial charge in [0.05, 0.1) is 18.1 Å². The van der Waals surface area contributed by atoms with Crippen LogP contribution in [0.2, 0.25) is 10.0 Å². The van der Waals surface area contributed by atoms with Gasteiger partial charge in [-0.15, -0.1) is 0 Å². The summed E-state index contributed by atoms with van der Waals surface area (Å²) in [5.74, 6) is 1.62. The molecular formula is C15H15Cl2NO2. The summed E-state index contributed by atoms with van der Waals surface area (Å²) in [6, 6.07) is 8.70. The maximum absolute atomic E-state index is 12.2. The summed E-state index contributed by atoms with van der Waals surface area (Å²) in [6.45, 7) is 2.71. The standard InChI is InChI=1S/C15H15Cl2NO2/c1-10-3-5-12(20-10)8-18(2)9-15(19)13-7-11(16)4-6-14(13)17/h3-7H,8-9H2,1-2H3. The Morgan fingerprint density at radius 3 is 2.65 bits per heavy atom. The minimum absolute atomic E-state index is 0.0664. The van der Waals surface area contributed by atoms with Crippen LogP contribution in [0.1, 0.15) is 21.9 Å². The third-order valence-electron chi connectivity index (χ3n) is 2.86. The predicted octanol–water partition coefficient (Wildman–Crippen LogP) is 4.21. The van der Waals surface area contributed by atoms with Gasteiger partial charge in [-0.3, -0.25) is 9.69 Å². The number of carbonyl (C=O) groups excluding carboxylic acids is 1. The van der Waals surface area contributed by atoms with E-state index in [4.69, 9.17) is 27.6 Å². The number of hydrogen-bond acceptors (Lipinski definition) is 3. The number of hydrogen-bond donors (Lipinski definition) is 0. The smallest absolute Gasteiger partial charge is 0.178 e. The summed E-state index contributed by atoms with van der Waals surface area (Å²) in [5, 5.41) is 0.920. The van der Waals surface area contributed by atoms with E-state index in [-0.39, 0.29) is 12.3 Å². The lowest BCUT2D eigenvalue weighted by Crippen LogP contribution is -2.25. The molecule has 0 saturated carbocycles. The number of furan rings is 1. The topological polar surface area (TPSA) is 33.5 Å². The maximum Gasteiger partial charge on any atom is 0.178 e. The van der Waals surface area contributed by atoms with Crippen molar-refractivity contribution >= 4 is 29.0 Å². The Kier molecular flexibility index (Phi) is 4.86. The summed E-state index contributed by atoms with van der Waals surface area (Å²) in [4.78, 5) is 14.1. The molecule has 1 aromatic heterocycles. The van der Waals surface area contributed by atoms with Crippen LogP contribution in [-0.2, 0) is 6.54 Å². The number of rotatable bonds is 5. The molecule has 0 N–H and O–H groups in total. The Bertz CT molecular complexity index is 622. The Labute approximate surface area is 128 Å². The SMILES string of the molecule is Cc1ccc(CN(C)CC(=O)c2cc(Cl)ccc2Cl)o1. The summed E-state index contributed by atoms with van der Waals surface area (Å²) < 4.78 is 5.48. The number of benzene rings is 1. The fourth-order valence-corrected chi connectivity index (χ4v) is 2.33. The molecule has 0 aliphatic rings. The summed E-state index contributed by atoms with van der Waals surface area (Å²) in [5.41, 5.74) is 0.446. The molecule has 0 bridgehead atoms. The summed E-state index contributed by atoms with van der Waals surface area (Å²) >= 11 is 11.9. The molecule has 0 fully saturated rings. The van der Waals surface area contributed by atoms with Gasteiger partial charge in [-0.25, -0.2) is 0 Å². The van der Waals surface area contributed by atoms with Crippen LogP contribution in [0.5, 0.6) is 0 Å². The first-order valence-electron chi connectivity index (χ1n) is 6.18. The molecule has 1 aromatic carbocycles. The van der Waals surface area contributed by atoms with E-state index in [9.17, 15) is 4.79 Å². The van der Waals surface area contributed by atoms with Crippen molar-refractivity contribution in [3.8, 4) is 0 Å². The molecule has 0 saturated heterocycles. The fourth-order valence-electron chi connectivity index (χ4n) is 1.93. The van der Waals surface area contributed by atoms with E-state index in [0.717, 1.165) is 11.5 Å². The number of aryl methyl sites for hydroxylation is 1. The highest BCUT2D eigenvalue weighted by Crippen LogP contribution is 2.21. The number of nitrogens with zero attached hydrogens (tertiary/aromatic N) is 1. The quantitative estimate of drug-likeness (QED) is 0.776. The van der Waals surface area contributed by atoms with Gasteiger partial charge < -0.3 is 4.42 Å². The van der Waals surface area contributed by atoms with Crippen molar-refractivity contribution in [1.82, 2.24) is 4.90 Å². The monoisotopic (exact) mass is 311 g/mol. The maximum atomic E-state index is 12.2. The first kappa shape index (κ1) is 15.1. The molecular weight excluding hydrogens is 297 g/mol. The summed E-state index contributed by atoms with van der Waals surface area (Å²) in [7, 11) is 1.86. The molecule has 1 heterocycles. The molecule has 0 radical (unpaired) electrons. The van der Waals surface area contributed by atoms with E-state index in [1.807, 2.05) is 31.0 Å². The molecule has 3 nitrogen and oxygen atoms in total. The molecule has 0 atom stereocenters. The molecule has 0 aliphatic heterocycles. The largest absolute Gasteiger partial charge is 0.465 e. The van der Waals surface area contributed by atoms with Crippen LogP contribution < -0.4 is 0 Å². The first-order valence-corrected chi connectivity index (χ1v) is 6.93. The first-order chi connectivity index (χ1) is 9.45. The van der Waals surface area contributed by atoms with E-state index in [2.05, 4.69) is 0 Å². The molecule has 0 spiro atoms. The Morgan fingerprint density at radius 1 is 1.25 bits per heavy atom. The zero-order chi connectivity index (χ0) is 14.7. The van der Waals surface area contributed by atoms with E-state index in [1.54, 1.807) is 18.2 Å². The van der Waals surface area contributed by atoms with Crippen molar-refractivity contribution < 1.29 is 9.21 Å².